The average molecular weight is 258 g/mol. The van der Waals surface area contributed by atoms with E-state index in [0.717, 1.165) is 32.5 Å². The molecule has 1 rings (SSSR count). The number of nitrogens with one attached hydrogen (secondary N) is 1. The molecular weight excluding hydrogens is 232 g/mol. The maximum atomic E-state index is 11.8. The lowest BCUT2D eigenvalue weighted by atomic mass is 9.99. The van der Waals surface area contributed by atoms with Crippen molar-refractivity contribution in [3.05, 3.63) is 0 Å². The fourth-order valence-electron chi connectivity index (χ4n) is 2.45. The summed E-state index contributed by atoms with van der Waals surface area (Å²) in [6.45, 7) is 7.20. The molecule has 0 aromatic carbocycles. The number of hydrogen-bond donors (Lipinski definition) is 1. The van der Waals surface area contributed by atoms with E-state index in [1.165, 1.54) is 7.11 Å². The highest BCUT2D eigenvalue weighted by atomic mass is 16.5. The number of ether oxygens (including phenoxy) is 2. The predicted molar refractivity (Wildman–Crippen MR) is 70.6 cm³/mol. The highest BCUT2D eigenvalue weighted by Crippen LogP contribution is 2.17. The van der Waals surface area contributed by atoms with Gasteiger partial charge in [-0.1, -0.05) is 0 Å². The number of likely N-dealkylation sites (tertiary alicyclic amines) is 1. The number of rotatable bonds is 6. The first-order valence-electron chi connectivity index (χ1n) is 6.67. The molecule has 1 fully saturated rings. The molecule has 0 radical (unpaired) electrons. The molecule has 5 heteroatoms. The van der Waals surface area contributed by atoms with Crippen LogP contribution in [0.1, 0.15) is 26.7 Å². The Morgan fingerprint density at radius 3 is 2.83 bits per heavy atom. The molecule has 1 aliphatic heterocycles. The minimum absolute atomic E-state index is 0.219. The van der Waals surface area contributed by atoms with E-state index in [0.29, 0.717) is 12.6 Å². The molecule has 0 amide bonds. The molecule has 1 aliphatic rings. The molecule has 0 aliphatic carbocycles. The second-order valence-corrected chi connectivity index (χ2v) is 5.03. The Labute approximate surface area is 110 Å². The molecular formula is C13H26N2O3. The molecule has 1 saturated heterocycles. The quantitative estimate of drug-likeness (QED) is 0.709. The zero-order valence-corrected chi connectivity index (χ0v) is 12.0. The first-order valence-corrected chi connectivity index (χ1v) is 6.67. The summed E-state index contributed by atoms with van der Waals surface area (Å²) in [7, 11) is 3.22. The molecule has 106 valence electrons. The third kappa shape index (κ3) is 3.93. The van der Waals surface area contributed by atoms with Gasteiger partial charge < -0.3 is 14.8 Å². The average Bonchev–Trinajstić information content (AvgIpc) is 2.38. The maximum absolute atomic E-state index is 11.8. The van der Waals surface area contributed by atoms with Gasteiger partial charge in [0.2, 0.25) is 0 Å². The lowest BCUT2D eigenvalue weighted by Gasteiger charge is -2.37. The van der Waals surface area contributed by atoms with Crippen LogP contribution in [0.15, 0.2) is 0 Å². The summed E-state index contributed by atoms with van der Waals surface area (Å²) in [6.07, 6.45) is 2.52. The zero-order chi connectivity index (χ0) is 13.6. The van der Waals surface area contributed by atoms with Crippen molar-refractivity contribution >= 4 is 5.97 Å². The number of nitrogens with zero attached hydrogens (tertiary/aromatic N) is 1. The standard InChI is InChI=1S/C13H26N2O3/c1-5-18-11-7-6-8-15(9-11)10-13(2,14-3)12(16)17-4/h11,14H,5-10H2,1-4H3. The van der Waals surface area contributed by atoms with Crippen LogP contribution >= 0.6 is 0 Å². The highest BCUT2D eigenvalue weighted by Gasteiger charge is 2.36. The SMILES string of the molecule is CCOC1CCCN(CC(C)(NC)C(=O)OC)C1. The smallest absolute Gasteiger partial charge is 0.327 e. The van der Waals surface area contributed by atoms with Gasteiger partial charge in [0, 0.05) is 19.7 Å². The van der Waals surface area contributed by atoms with Crippen molar-refractivity contribution in [2.24, 2.45) is 0 Å². The summed E-state index contributed by atoms with van der Waals surface area (Å²) >= 11 is 0. The molecule has 1 N–H and O–H groups in total. The van der Waals surface area contributed by atoms with Gasteiger partial charge in [-0.25, -0.2) is 0 Å². The van der Waals surface area contributed by atoms with Crippen LogP contribution in [-0.4, -0.2) is 62.9 Å². The van der Waals surface area contributed by atoms with Gasteiger partial charge in [-0.3, -0.25) is 9.69 Å². The van der Waals surface area contributed by atoms with Crippen molar-refractivity contribution < 1.29 is 14.3 Å². The number of carbonyl (C=O) groups is 1. The first-order chi connectivity index (χ1) is 8.55. The van der Waals surface area contributed by atoms with E-state index in [9.17, 15) is 4.79 Å². The van der Waals surface area contributed by atoms with E-state index in [1.54, 1.807) is 7.05 Å². The van der Waals surface area contributed by atoms with Crippen molar-refractivity contribution in [3.63, 3.8) is 0 Å². The second kappa shape index (κ2) is 7.07. The Morgan fingerprint density at radius 2 is 2.28 bits per heavy atom. The zero-order valence-electron chi connectivity index (χ0n) is 12.0. The fourth-order valence-corrected chi connectivity index (χ4v) is 2.45. The molecule has 0 saturated carbocycles. The summed E-state index contributed by atoms with van der Waals surface area (Å²) in [6, 6.07) is 0. The van der Waals surface area contributed by atoms with Crippen LogP contribution in [0.3, 0.4) is 0 Å². The van der Waals surface area contributed by atoms with Crippen LogP contribution in [0.2, 0.25) is 0 Å². The van der Waals surface area contributed by atoms with Gasteiger partial charge >= 0.3 is 5.97 Å². The number of hydrogen-bond acceptors (Lipinski definition) is 5. The van der Waals surface area contributed by atoms with E-state index in [2.05, 4.69) is 10.2 Å². The van der Waals surface area contributed by atoms with Crippen molar-refractivity contribution in [2.45, 2.75) is 38.3 Å². The largest absolute Gasteiger partial charge is 0.468 e. The van der Waals surface area contributed by atoms with E-state index in [1.807, 2.05) is 13.8 Å². The lowest BCUT2D eigenvalue weighted by Crippen LogP contribution is -2.58. The van der Waals surface area contributed by atoms with Crippen molar-refractivity contribution in [2.75, 3.05) is 40.4 Å². The van der Waals surface area contributed by atoms with E-state index >= 15 is 0 Å². The molecule has 2 unspecified atom stereocenters. The Morgan fingerprint density at radius 1 is 1.56 bits per heavy atom. The molecule has 5 nitrogen and oxygen atoms in total. The van der Waals surface area contributed by atoms with Crippen molar-refractivity contribution in [3.8, 4) is 0 Å². The van der Waals surface area contributed by atoms with Crippen LogP contribution in [0, 0.1) is 0 Å². The van der Waals surface area contributed by atoms with Crippen LogP contribution < -0.4 is 5.32 Å². The summed E-state index contributed by atoms with van der Waals surface area (Å²) in [5.41, 5.74) is -0.650. The minimum Gasteiger partial charge on any atom is -0.468 e. The number of likely N-dealkylation sites (N-methyl/N-ethyl adjacent to an activating group) is 1. The van der Waals surface area contributed by atoms with Gasteiger partial charge in [0.1, 0.15) is 5.54 Å². The van der Waals surface area contributed by atoms with E-state index in [-0.39, 0.29) is 5.97 Å². The van der Waals surface area contributed by atoms with E-state index in [4.69, 9.17) is 9.47 Å². The predicted octanol–water partition coefficient (Wildman–Crippen LogP) is 0.638. The first kappa shape index (κ1) is 15.4. The third-order valence-corrected chi connectivity index (χ3v) is 3.59. The molecule has 0 aromatic heterocycles. The van der Waals surface area contributed by atoms with Crippen LogP contribution in [0.5, 0.6) is 0 Å². The Balaban J connectivity index is 2.56. The highest BCUT2D eigenvalue weighted by molar-refractivity contribution is 5.80. The fraction of sp³-hybridized carbons (Fsp3) is 0.923. The molecule has 18 heavy (non-hydrogen) atoms. The topological polar surface area (TPSA) is 50.8 Å². The Bertz CT molecular complexity index is 271. The second-order valence-electron chi connectivity index (χ2n) is 5.03. The number of methoxy groups -OCH3 is 1. The van der Waals surface area contributed by atoms with Crippen molar-refractivity contribution in [1.82, 2.24) is 10.2 Å². The monoisotopic (exact) mass is 258 g/mol. The molecule has 1 heterocycles. The molecule has 2 atom stereocenters. The van der Waals surface area contributed by atoms with Gasteiger partial charge in [0.05, 0.1) is 13.2 Å². The Hall–Kier alpha value is -0.650. The van der Waals surface area contributed by atoms with Gasteiger partial charge in [-0.15, -0.1) is 0 Å². The van der Waals surface area contributed by atoms with Gasteiger partial charge in [-0.05, 0) is 40.3 Å². The van der Waals surface area contributed by atoms with Gasteiger partial charge in [0.25, 0.3) is 0 Å². The number of esters is 1. The maximum Gasteiger partial charge on any atom is 0.327 e. The van der Waals surface area contributed by atoms with Crippen LogP contribution in [0.25, 0.3) is 0 Å². The summed E-state index contributed by atoms with van der Waals surface area (Å²) < 4.78 is 10.5. The minimum atomic E-state index is -0.650. The number of carbonyl (C=O) groups excluding carboxylic acids is 1. The van der Waals surface area contributed by atoms with E-state index < -0.39 is 5.54 Å². The molecule has 0 aromatic rings. The third-order valence-electron chi connectivity index (χ3n) is 3.59. The normalized spacial score (nSPS) is 24.6. The van der Waals surface area contributed by atoms with Gasteiger partial charge in [-0.2, -0.15) is 0 Å². The summed E-state index contributed by atoms with van der Waals surface area (Å²) in [5.74, 6) is -0.219. The molecule has 0 spiro atoms. The van der Waals surface area contributed by atoms with Crippen LogP contribution in [-0.2, 0) is 14.3 Å². The summed E-state index contributed by atoms with van der Waals surface area (Å²) in [5, 5.41) is 3.07. The summed E-state index contributed by atoms with van der Waals surface area (Å²) in [4.78, 5) is 14.1. The molecule has 0 bridgehead atoms. The number of piperidine rings is 1. The van der Waals surface area contributed by atoms with Crippen molar-refractivity contribution in [1.29, 1.82) is 0 Å². The van der Waals surface area contributed by atoms with Gasteiger partial charge in [0.15, 0.2) is 0 Å². The lowest BCUT2D eigenvalue weighted by molar-refractivity contribution is -0.149. The van der Waals surface area contributed by atoms with Crippen LogP contribution in [0.4, 0.5) is 0 Å². The Kier molecular flexibility index (Phi) is 6.05.